The van der Waals surface area contributed by atoms with E-state index in [0.717, 1.165) is 42.4 Å². The number of rotatable bonds is 10. The van der Waals surface area contributed by atoms with Gasteiger partial charge in [0.2, 0.25) is 0 Å². The molecule has 2 aromatic carbocycles. The van der Waals surface area contributed by atoms with Gasteiger partial charge in [-0.05, 0) is 77.5 Å². The van der Waals surface area contributed by atoms with Crippen LogP contribution in [0, 0.1) is 12.3 Å². The van der Waals surface area contributed by atoms with Crippen LogP contribution in [0.25, 0.3) is 6.08 Å². The molecule has 0 fully saturated rings. The minimum absolute atomic E-state index is 0.0633. The van der Waals surface area contributed by atoms with Crippen LogP contribution in [-0.2, 0) is 25.0 Å². The third-order valence-corrected chi connectivity index (χ3v) is 7.03. The molecule has 2 aromatic rings. The summed E-state index contributed by atoms with van der Waals surface area (Å²) < 4.78 is 0. The monoisotopic (exact) mass is 438 g/mol. The van der Waals surface area contributed by atoms with E-state index in [1.54, 1.807) is 0 Å². The van der Waals surface area contributed by atoms with Gasteiger partial charge in [0, 0.05) is 5.41 Å². The quantitative estimate of drug-likeness (QED) is 0.421. The zero-order valence-corrected chi connectivity index (χ0v) is 20.8. The molecule has 1 atom stereocenters. The van der Waals surface area contributed by atoms with Gasteiger partial charge in [0.1, 0.15) is 0 Å². The summed E-state index contributed by atoms with van der Waals surface area (Å²) in [6.07, 6.45) is 7.75. The minimum atomic E-state index is -0.309. The topological polar surface area (TPSA) is 60.7 Å². The highest BCUT2D eigenvalue weighted by molar-refractivity contribution is 5.55. The Morgan fingerprint density at radius 2 is 1.50 bits per heavy atom. The van der Waals surface area contributed by atoms with E-state index in [1.807, 2.05) is 18.2 Å². The van der Waals surface area contributed by atoms with E-state index in [1.165, 1.54) is 16.7 Å². The van der Waals surface area contributed by atoms with Gasteiger partial charge in [-0.15, -0.1) is 0 Å². The molecule has 0 aliphatic rings. The average molecular weight is 439 g/mol. The zero-order valence-electron chi connectivity index (χ0n) is 20.8. The van der Waals surface area contributed by atoms with Crippen LogP contribution in [0.4, 0.5) is 0 Å². The number of allylic oxidation sites excluding steroid dienone is 1. The second-order valence-corrected chi connectivity index (χ2v) is 10.1. The highest BCUT2D eigenvalue weighted by atomic mass is 16.3. The van der Waals surface area contributed by atoms with E-state index in [9.17, 15) is 15.3 Å². The fourth-order valence-electron chi connectivity index (χ4n) is 4.31. The molecule has 3 heteroatoms. The molecule has 1 unspecified atom stereocenters. The molecule has 0 saturated heterocycles. The molecule has 0 saturated carbocycles. The Bertz CT molecular complexity index is 901. The van der Waals surface area contributed by atoms with Crippen LogP contribution in [-0.4, -0.2) is 21.4 Å². The average Bonchev–Trinajstić information content (AvgIpc) is 2.78. The lowest BCUT2D eigenvalue weighted by molar-refractivity contribution is 0.0560. The van der Waals surface area contributed by atoms with Crippen LogP contribution >= 0.6 is 0 Å². The van der Waals surface area contributed by atoms with Crippen molar-refractivity contribution in [2.75, 3.05) is 0 Å². The van der Waals surface area contributed by atoms with Crippen LogP contribution in [0.15, 0.2) is 42.5 Å². The van der Waals surface area contributed by atoms with Crippen molar-refractivity contribution in [3.63, 3.8) is 0 Å². The van der Waals surface area contributed by atoms with E-state index >= 15 is 0 Å². The summed E-state index contributed by atoms with van der Waals surface area (Å²) in [5.74, 6) is 0. The van der Waals surface area contributed by atoms with Gasteiger partial charge in [0.15, 0.2) is 0 Å². The Labute approximate surface area is 194 Å². The lowest BCUT2D eigenvalue weighted by Crippen LogP contribution is -2.26. The molecule has 2 rings (SSSR count). The van der Waals surface area contributed by atoms with Gasteiger partial charge in [0.05, 0.1) is 19.3 Å². The van der Waals surface area contributed by atoms with E-state index in [2.05, 4.69) is 71.9 Å². The highest BCUT2D eigenvalue weighted by Crippen LogP contribution is 2.35. The summed E-state index contributed by atoms with van der Waals surface area (Å²) in [4.78, 5) is 0. The second kappa shape index (κ2) is 11.3. The summed E-state index contributed by atoms with van der Waals surface area (Å²) in [5.41, 5.74) is 6.29. The second-order valence-electron chi connectivity index (χ2n) is 10.1. The largest absolute Gasteiger partial charge is 0.393 e. The van der Waals surface area contributed by atoms with Crippen molar-refractivity contribution in [3.05, 3.63) is 75.9 Å². The number of aliphatic hydroxyl groups excluding tert-OH is 3. The first-order valence-corrected chi connectivity index (χ1v) is 11.9. The molecule has 0 radical (unpaired) electrons. The van der Waals surface area contributed by atoms with Crippen LogP contribution < -0.4 is 0 Å². The maximum Gasteiger partial charge on any atom is 0.0685 e. The normalized spacial score (nSPS) is 13.7. The summed E-state index contributed by atoms with van der Waals surface area (Å²) in [5, 5.41) is 29.4. The number of benzene rings is 2. The Morgan fingerprint density at radius 1 is 0.875 bits per heavy atom. The van der Waals surface area contributed by atoms with Crippen molar-refractivity contribution in [2.45, 2.75) is 92.0 Å². The van der Waals surface area contributed by atoms with Gasteiger partial charge in [-0.25, -0.2) is 0 Å². The molecule has 0 spiro atoms. The molecule has 3 N–H and O–H groups in total. The SMILES string of the molecule is CCC(C=Cc1ccc(CO)c(CO)c1)(CC)c1ccc(CCC(O)C(C)(C)C)c(C)c1. The Balaban J connectivity index is 2.29. The maximum atomic E-state index is 10.4. The fraction of sp³-hybridized carbons (Fsp3) is 0.517. The summed E-state index contributed by atoms with van der Waals surface area (Å²) >= 11 is 0. The van der Waals surface area contributed by atoms with Gasteiger partial charge >= 0.3 is 0 Å². The van der Waals surface area contributed by atoms with Gasteiger partial charge in [-0.2, -0.15) is 0 Å². The molecule has 0 aliphatic carbocycles. The van der Waals surface area contributed by atoms with Crippen molar-refractivity contribution in [2.24, 2.45) is 5.41 Å². The lowest BCUT2D eigenvalue weighted by atomic mass is 9.74. The van der Waals surface area contributed by atoms with Crippen LogP contribution in [0.5, 0.6) is 0 Å². The number of aliphatic hydroxyl groups is 3. The standard InChI is InChI=1S/C29H42O3/c1-7-29(8-2,16-15-22-9-10-24(19-30)25(18-22)20-31)26-13-11-23(21(3)17-26)12-14-27(32)28(4,5)6/h9-11,13,15-18,27,30-32H,7-8,12,14,19-20H2,1-6H3. The van der Waals surface area contributed by atoms with Crippen molar-refractivity contribution >= 4 is 6.08 Å². The molecule has 0 heterocycles. The Morgan fingerprint density at radius 3 is 2.03 bits per heavy atom. The van der Waals surface area contributed by atoms with Gasteiger partial charge in [-0.3, -0.25) is 0 Å². The Kier molecular flexibility index (Phi) is 9.27. The zero-order chi connectivity index (χ0) is 23.9. The van der Waals surface area contributed by atoms with E-state index < -0.39 is 0 Å². The van der Waals surface area contributed by atoms with Gasteiger partial charge < -0.3 is 15.3 Å². The molecule has 32 heavy (non-hydrogen) atoms. The van der Waals surface area contributed by atoms with Crippen LogP contribution in [0.1, 0.15) is 87.3 Å². The molecule has 3 nitrogen and oxygen atoms in total. The van der Waals surface area contributed by atoms with E-state index in [0.29, 0.717) is 0 Å². The van der Waals surface area contributed by atoms with Gasteiger partial charge in [0.25, 0.3) is 0 Å². The summed E-state index contributed by atoms with van der Waals surface area (Å²) in [6.45, 7) is 12.7. The molecule has 0 aromatic heterocycles. The maximum absolute atomic E-state index is 10.4. The first kappa shape index (κ1) is 26.3. The van der Waals surface area contributed by atoms with Crippen molar-refractivity contribution in [3.8, 4) is 0 Å². The summed E-state index contributed by atoms with van der Waals surface area (Å²) in [6, 6.07) is 12.6. The molecular weight excluding hydrogens is 396 g/mol. The van der Waals surface area contributed by atoms with Gasteiger partial charge in [-0.1, -0.05) is 77.1 Å². The van der Waals surface area contributed by atoms with Crippen LogP contribution in [0.2, 0.25) is 0 Å². The van der Waals surface area contributed by atoms with Crippen molar-refractivity contribution in [1.82, 2.24) is 0 Å². The van der Waals surface area contributed by atoms with E-state index in [4.69, 9.17) is 0 Å². The fourth-order valence-corrected chi connectivity index (χ4v) is 4.31. The molecule has 0 amide bonds. The number of hydrogen-bond acceptors (Lipinski definition) is 3. The van der Waals surface area contributed by atoms with Crippen LogP contribution in [0.3, 0.4) is 0 Å². The Hall–Kier alpha value is -1.94. The molecule has 0 aliphatic heterocycles. The van der Waals surface area contributed by atoms with Crippen molar-refractivity contribution in [1.29, 1.82) is 0 Å². The third kappa shape index (κ3) is 6.31. The number of hydrogen-bond donors (Lipinski definition) is 3. The van der Waals surface area contributed by atoms with Crippen molar-refractivity contribution < 1.29 is 15.3 Å². The lowest BCUT2D eigenvalue weighted by Gasteiger charge is -2.30. The third-order valence-electron chi connectivity index (χ3n) is 7.03. The first-order chi connectivity index (χ1) is 15.1. The van der Waals surface area contributed by atoms with E-state index in [-0.39, 0.29) is 30.1 Å². The summed E-state index contributed by atoms with van der Waals surface area (Å²) in [7, 11) is 0. The molecule has 176 valence electrons. The molecule has 0 bridgehead atoms. The first-order valence-electron chi connectivity index (χ1n) is 11.9. The number of aryl methyl sites for hydroxylation is 2. The predicted octanol–water partition coefficient (Wildman–Crippen LogP) is 6.09. The smallest absolute Gasteiger partial charge is 0.0685 e. The minimum Gasteiger partial charge on any atom is -0.393 e. The molecular formula is C29H42O3. The predicted molar refractivity (Wildman–Crippen MR) is 135 cm³/mol. The highest BCUT2D eigenvalue weighted by Gasteiger charge is 2.26.